The average Bonchev–Trinajstić information content (AvgIpc) is 2.27. The second-order valence-electron chi connectivity index (χ2n) is 3.73. The number of carbonyl (C=O) groups is 1. The van der Waals surface area contributed by atoms with E-state index in [4.69, 9.17) is 9.47 Å². The second-order valence-corrected chi connectivity index (χ2v) is 3.73. The minimum atomic E-state index is -0.132. The minimum Gasteiger partial charge on any atom is -0.497 e. The smallest absolute Gasteiger partial charge is 0.251 e. The van der Waals surface area contributed by atoms with Crippen LogP contribution in [0.15, 0.2) is 18.2 Å². The molecule has 0 saturated heterocycles. The van der Waals surface area contributed by atoms with Crippen molar-refractivity contribution in [2.45, 2.75) is 19.9 Å². The summed E-state index contributed by atoms with van der Waals surface area (Å²) in [5.74, 6) is 1.08. The Morgan fingerprint density at radius 3 is 2.00 bits per heavy atom. The number of nitrogens with one attached hydrogen (secondary N) is 1. The van der Waals surface area contributed by atoms with E-state index in [1.54, 1.807) is 32.4 Å². The Hall–Kier alpha value is -1.71. The zero-order valence-corrected chi connectivity index (χ0v) is 10.0. The summed E-state index contributed by atoms with van der Waals surface area (Å²) in [4.78, 5) is 11.8. The highest BCUT2D eigenvalue weighted by molar-refractivity contribution is 5.95. The van der Waals surface area contributed by atoms with Crippen molar-refractivity contribution < 1.29 is 14.3 Å². The molecule has 1 aromatic rings. The van der Waals surface area contributed by atoms with Gasteiger partial charge in [0.15, 0.2) is 0 Å². The van der Waals surface area contributed by atoms with Gasteiger partial charge in [0.25, 0.3) is 5.91 Å². The van der Waals surface area contributed by atoms with Crippen molar-refractivity contribution in [3.05, 3.63) is 23.8 Å². The van der Waals surface area contributed by atoms with Gasteiger partial charge in [0.05, 0.1) is 14.2 Å². The molecule has 88 valence electrons. The van der Waals surface area contributed by atoms with Gasteiger partial charge in [-0.15, -0.1) is 0 Å². The molecule has 1 aromatic carbocycles. The number of amides is 1. The molecule has 0 radical (unpaired) electrons. The summed E-state index contributed by atoms with van der Waals surface area (Å²) >= 11 is 0. The normalized spacial score (nSPS) is 10.1. The van der Waals surface area contributed by atoms with Crippen LogP contribution in [-0.2, 0) is 0 Å². The highest BCUT2D eigenvalue weighted by Gasteiger charge is 2.10. The van der Waals surface area contributed by atoms with Gasteiger partial charge in [-0.25, -0.2) is 0 Å². The molecule has 0 bridgehead atoms. The Balaban J connectivity index is 2.98. The fourth-order valence-electron chi connectivity index (χ4n) is 1.28. The van der Waals surface area contributed by atoms with Crippen LogP contribution in [0.2, 0.25) is 0 Å². The molecular weight excluding hydrogens is 206 g/mol. The van der Waals surface area contributed by atoms with Gasteiger partial charge in [0.1, 0.15) is 11.5 Å². The van der Waals surface area contributed by atoms with Crippen molar-refractivity contribution in [3.8, 4) is 11.5 Å². The Labute approximate surface area is 95.6 Å². The zero-order valence-electron chi connectivity index (χ0n) is 10.0. The lowest BCUT2D eigenvalue weighted by Gasteiger charge is -2.11. The number of hydrogen-bond acceptors (Lipinski definition) is 3. The lowest BCUT2D eigenvalue weighted by molar-refractivity contribution is 0.0942. The summed E-state index contributed by atoms with van der Waals surface area (Å²) in [6, 6.07) is 5.19. The predicted octanol–water partition coefficient (Wildman–Crippen LogP) is 1.84. The first-order chi connectivity index (χ1) is 7.56. The van der Waals surface area contributed by atoms with Crippen LogP contribution in [0, 0.1) is 0 Å². The van der Waals surface area contributed by atoms with Crippen LogP contribution in [0.1, 0.15) is 24.2 Å². The number of carbonyl (C=O) groups excluding carboxylic acids is 1. The third kappa shape index (κ3) is 3.15. The average molecular weight is 223 g/mol. The molecule has 0 atom stereocenters. The molecule has 1 N–H and O–H groups in total. The zero-order chi connectivity index (χ0) is 12.1. The predicted molar refractivity (Wildman–Crippen MR) is 62.1 cm³/mol. The van der Waals surface area contributed by atoms with Gasteiger partial charge in [-0.05, 0) is 26.0 Å². The largest absolute Gasteiger partial charge is 0.497 e. The van der Waals surface area contributed by atoms with Crippen LogP contribution in [0.3, 0.4) is 0 Å². The first-order valence-corrected chi connectivity index (χ1v) is 5.10. The van der Waals surface area contributed by atoms with E-state index in [-0.39, 0.29) is 11.9 Å². The van der Waals surface area contributed by atoms with Gasteiger partial charge >= 0.3 is 0 Å². The summed E-state index contributed by atoms with van der Waals surface area (Å²) in [7, 11) is 3.11. The fraction of sp³-hybridized carbons (Fsp3) is 0.417. The maximum absolute atomic E-state index is 11.8. The van der Waals surface area contributed by atoms with Crippen LogP contribution >= 0.6 is 0 Å². The second kappa shape index (κ2) is 5.39. The molecule has 1 amide bonds. The van der Waals surface area contributed by atoms with Gasteiger partial charge in [-0.1, -0.05) is 0 Å². The number of hydrogen-bond donors (Lipinski definition) is 1. The summed E-state index contributed by atoms with van der Waals surface area (Å²) in [5, 5.41) is 2.81. The van der Waals surface area contributed by atoms with Crippen molar-refractivity contribution in [1.82, 2.24) is 5.32 Å². The van der Waals surface area contributed by atoms with Crippen LogP contribution in [0.5, 0.6) is 11.5 Å². The Kier molecular flexibility index (Phi) is 4.17. The molecule has 0 unspecified atom stereocenters. The maximum atomic E-state index is 11.8. The van der Waals surface area contributed by atoms with E-state index in [1.807, 2.05) is 13.8 Å². The molecule has 0 saturated carbocycles. The van der Waals surface area contributed by atoms with Gasteiger partial charge in [-0.3, -0.25) is 4.79 Å². The quantitative estimate of drug-likeness (QED) is 0.847. The molecule has 0 heterocycles. The van der Waals surface area contributed by atoms with E-state index in [9.17, 15) is 4.79 Å². The molecule has 0 spiro atoms. The number of ether oxygens (including phenoxy) is 2. The van der Waals surface area contributed by atoms with Crippen LogP contribution in [-0.4, -0.2) is 26.2 Å². The highest BCUT2D eigenvalue weighted by Crippen LogP contribution is 2.22. The van der Waals surface area contributed by atoms with E-state index in [0.29, 0.717) is 17.1 Å². The van der Waals surface area contributed by atoms with E-state index < -0.39 is 0 Å². The molecule has 16 heavy (non-hydrogen) atoms. The molecule has 1 rings (SSSR count). The Bertz CT molecular complexity index is 352. The van der Waals surface area contributed by atoms with Crippen LogP contribution in [0.4, 0.5) is 0 Å². The van der Waals surface area contributed by atoms with Crippen molar-refractivity contribution in [2.75, 3.05) is 14.2 Å². The lowest BCUT2D eigenvalue weighted by Crippen LogP contribution is -2.30. The first-order valence-electron chi connectivity index (χ1n) is 5.10. The third-order valence-electron chi connectivity index (χ3n) is 2.03. The maximum Gasteiger partial charge on any atom is 0.251 e. The van der Waals surface area contributed by atoms with Crippen LogP contribution in [0.25, 0.3) is 0 Å². The van der Waals surface area contributed by atoms with Crippen molar-refractivity contribution in [1.29, 1.82) is 0 Å². The monoisotopic (exact) mass is 223 g/mol. The number of methoxy groups -OCH3 is 2. The Morgan fingerprint density at radius 2 is 1.62 bits per heavy atom. The Morgan fingerprint density at radius 1 is 1.12 bits per heavy atom. The summed E-state index contributed by atoms with van der Waals surface area (Å²) in [5.41, 5.74) is 0.532. The van der Waals surface area contributed by atoms with E-state index in [2.05, 4.69) is 5.32 Å². The van der Waals surface area contributed by atoms with E-state index in [0.717, 1.165) is 0 Å². The van der Waals surface area contributed by atoms with Gasteiger partial charge in [-0.2, -0.15) is 0 Å². The molecule has 0 aliphatic carbocycles. The molecule has 0 fully saturated rings. The van der Waals surface area contributed by atoms with Crippen molar-refractivity contribution in [2.24, 2.45) is 0 Å². The summed E-state index contributed by atoms with van der Waals surface area (Å²) in [6.45, 7) is 3.82. The van der Waals surface area contributed by atoms with Gasteiger partial charge in [0, 0.05) is 17.7 Å². The topological polar surface area (TPSA) is 47.6 Å². The number of benzene rings is 1. The fourth-order valence-corrected chi connectivity index (χ4v) is 1.28. The molecule has 4 heteroatoms. The standard InChI is InChI=1S/C12H17NO3/c1-8(2)13-12(14)9-5-10(15-3)7-11(6-9)16-4/h5-8H,1-4H3,(H,13,14). The molecular formula is C12H17NO3. The third-order valence-corrected chi connectivity index (χ3v) is 2.03. The van der Waals surface area contributed by atoms with Crippen LogP contribution < -0.4 is 14.8 Å². The molecule has 0 aliphatic rings. The molecule has 0 aliphatic heterocycles. The van der Waals surface area contributed by atoms with Crippen molar-refractivity contribution in [3.63, 3.8) is 0 Å². The summed E-state index contributed by atoms with van der Waals surface area (Å²) in [6.07, 6.45) is 0. The van der Waals surface area contributed by atoms with E-state index in [1.165, 1.54) is 0 Å². The van der Waals surface area contributed by atoms with E-state index >= 15 is 0 Å². The molecule has 0 aromatic heterocycles. The highest BCUT2D eigenvalue weighted by atomic mass is 16.5. The number of rotatable bonds is 4. The summed E-state index contributed by atoms with van der Waals surface area (Å²) < 4.78 is 10.2. The lowest BCUT2D eigenvalue weighted by atomic mass is 10.1. The first kappa shape index (κ1) is 12.4. The van der Waals surface area contributed by atoms with Gasteiger partial charge in [0.2, 0.25) is 0 Å². The minimum absolute atomic E-state index is 0.102. The molecule has 4 nitrogen and oxygen atoms in total. The van der Waals surface area contributed by atoms with Gasteiger partial charge < -0.3 is 14.8 Å². The van der Waals surface area contributed by atoms with Crippen molar-refractivity contribution >= 4 is 5.91 Å². The SMILES string of the molecule is COc1cc(OC)cc(C(=O)NC(C)C)c1.